The van der Waals surface area contributed by atoms with Crippen LogP contribution in [0.2, 0.25) is 0 Å². The molecule has 0 bridgehead atoms. The van der Waals surface area contributed by atoms with Gasteiger partial charge in [0.2, 0.25) is 0 Å². The molecule has 0 N–H and O–H groups in total. The molecule has 0 fully saturated rings. The lowest BCUT2D eigenvalue weighted by Crippen LogP contribution is -2.10. The topological polar surface area (TPSA) is 52.6 Å². The summed E-state index contributed by atoms with van der Waals surface area (Å²) < 4.78 is 10.3. The number of esters is 2. The van der Waals surface area contributed by atoms with Gasteiger partial charge in [-0.2, -0.15) is 0 Å². The van der Waals surface area contributed by atoms with Crippen LogP contribution in [0.1, 0.15) is 59.8 Å². The zero-order valence-electron chi connectivity index (χ0n) is 14.0. The highest BCUT2D eigenvalue weighted by molar-refractivity contribution is 5.75. The summed E-state index contributed by atoms with van der Waals surface area (Å²) in [6.07, 6.45) is 4.46. The second-order valence-electron chi connectivity index (χ2n) is 6.64. The van der Waals surface area contributed by atoms with Crippen LogP contribution in [0.5, 0.6) is 11.5 Å². The zero-order valence-corrected chi connectivity index (χ0v) is 14.0. The molecule has 4 heteroatoms. The molecule has 0 atom stereocenters. The van der Waals surface area contributed by atoms with E-state index in [0.717, 1.165) is 25.7 Å². The Balaban J connectivity index is 2.38. The molecule has 0 saturated heterocycles. The van der Waals surface area contributed by atoms with Crippen LogP contribution in [0.4, 0.5) is 0 Å². The standard InChI is InChI=1S/C18H26O4/c1-14(19)21-15-10-7-8-11-16(15)22-17(20)12-6-5-9-13-18(2,3)4/h7-8,10-11H,5-6,9,12-13H2,1-4H3. The minimum atomic E-state index is -0.439. The van der Waals surface area contributed by atoms with Crippen molar-refractivity contribution in [1.29, 1.82) is 0 Å². The minimum absolute atomic E-state index is 0.274. The average Bonchev–Trinajstić information content (AvgIpc) is 2.38. The lowest BCUT2D eigenvalue weighted by molar-refractivity contribution is -0.136. The highest BCUT2D eigenvalue weighted by Crippen LogP contribution is 2.27. The van der Waals surface area contributed by atoms with Gasteiger partial charge < -0.3 is 9.47 Å². The van der Waals surface area contributed by atoms with Crippen molar-refractivity contribution < 1.29 is 19.1 Å². The van der Waals surface area contributed by atoms with Crippen LogP contribution in [-0.4, -0.2) is 11.9 Å². The summed E-state index contributed by atoms with van der Waals surface area (Å²) in [6.45, 7) is 7.96. The van der Waals surface area contributed by atoms with Crippen molar-refractivity contribution in [1.82, 2.24) is 0 Å². The van der Waals surface area contributed by atoms with Gasteiger partial charge >= 0.3 is 11.9 Å². The Morgan fingerprint density at radius 2 is 1.55 bits per heavy atom. The molecule has 0 aromatic heterocycles. The van der Waals surface area contributed by atoms with E-state index in [9.17, 15) is 9.59 Å². The Kier molecular flexibility index (Phi) is 7.09. The molecule has 0 heterocycles. The first-order chi connectivity index (χ1) is 10.3. The first kappa shape index (κ1) is 18.2. The molecule has 1 aromatic carbocycles. The second-order valence-corrected chi connectivity index (χ2v) is 6.64. The van der Waals surface area contributed by atoms with E-state index in [1.807, 2.05) is 0 Å². The molecule has 4 nitrogen and oxygen atoms in total. The largest absolute Gasteiger partial charge is 0.423 e. The van der Waals surface area contributed by atoms with Crippen LogP contribution in [0.3, 0.4) is 0 Å². The number of hydrogen-bond acceptors (Lipinski definition) is 4. The molecule has 0 aliphatic carbocycles. The van der Waals surface area contributed by atoms with E-state index in [4.69, 9.17) is 9.47 Å². The molecule has 0 unspecified atom stereocenters. The molecule has 0 radical (unpaired) electrons. The summed E-state index contributed by atoms with van der Waals surface area (Å²) in [5.41, 5.74) is 0.337. The molecule has 0 aliphatic heterocycles. The van der Waals surface area contributed by atoms with Crippen molar-refractivity contribution in [2.75, 3.05) is 0 Å². The van der Waals surface area contributed by atoms with E-state index in [-0.39, 0.29) is 17.5 Å². The summed E-state index contributed by atoms with van der Waals surface area (Å²) in [7, 11) is 0. The summed E-state index contributed by atoms with van der Waals surface area (Å²) in [4.78, 5) is 22.9. The van der Waals surface area contributed by atoms with Crippen molar-refractivity contribution in [3.8, 4) is 11.5 Å². The Morgan fingerprint density at radius 3 is 2.09 bits per heavy atom. The smallest absolute Gasteiger partial charge is 0.311 e. The quantitative estimate of drug-likeness (QED) is 0.422. The molecule has 1 rings (SSSR count). The highest BCUT2D eigenvalue weighted by Gasteiger charge is 2.12. The maximum Gasteiger partial charge on any atom is 0.311 e. The number of benzene rings is 1. The molecule has 0 spiro atoms. The Labute approximate surface area is 132 Å². The summed E-state index contributed by atoms with van der Waals surface area (Å²) in [5, 5.41) is 0. The fourth-order valence-corrected chi connectivity index (χ4v) is 2.05. The van der Waals surface area contributed by atoms with Crippen molar-refractivity contribution in [2.24, 2.45) is 5.41 Å². The molecule has 22 heavy (non-hydrogen) atoms. The van der Waals surface area contributed by atoms with Gasteiger partial charge in [-0.25, -0.2) is 0 Å². The van der Waals surface area contributed by atoms with Crippen molar-refractivity contribution in [2.45, 2.75) is 59.8 Å². The fraction of sp³-hybridized carbons (Fsp3) is 0.556. The van der Waals surface area contributed by atoms with Gasteiger partial charge in [0.25, 0.3) is 0 Å². The van der Waals surface area contributed by atoms with Gasteiger partial charge in [0.15, 0.2) is 11.5 Å². The molecule has 0 amide bonds. The third kappa shape index (κ3) is 7.81. The normalized spacial score (nSPS) is 11.1. The second kappa shape index (κ2) is 8.57. The van der Waals surface area contributed by atoms with Crippen LogP contribution in [0.15, 0.2) is 24.3 Å². The van der Waals surface area contributed by atoms with Crippen LogP contribution >= 0.6 is 0 Å². The predicted molar refractivity (Wildman–Crippen MR) is 85.9 cm³/mol. The van der Waals surface area contributed by atoms with Crippen molar-refractivity contribution in [3.05, 3.63) is 24.3 Å². The number of hydrogen-bond donors (Lipinski definition) is 0. The molecule has 0 aliphatic rings. The third-order valence-corrected chi connectivity index (χ3v) is 3.13. The van der Waals surface area contributed by atoms with Crippen molar-refractivity contribution in [3.63, 3.8) is 0 Å². The van der Waals surface area contributed by atoms with Gasteiger partial charge in [-0.05, 0) is 30.4 Å². The molecule has 1 aromatic rings. The monoisotopic (exact) mass is 306 g/mol. The van der Waals surface area contributed by atoms with Crippen LogP contribution < -0.4 is 9.47 Å². The summed E-state index contributed by atoms with van der Waals surface area (Å²) in [5.74, 6) is -0.172. The lowest BCUT2D eigenvalue weighted by atomic mass is 9.89. The first-order valence-corrected chi connectivity index (χ1v) is 7.76. The van der Waals surface area contributed by atoms with Gasteiger partial charge in [0.1, 0.15) is 0 Å². The van der Waals surface area contributed by atoms with E-state index in [0.29, 0.717) is 11.8 Å². The fourth-order valence-electron chi connectivity index (χ4n) is 2.05. The molecule has 122 valence electrons. The molecular formula is C18H26O4. The average molecular weight is 306 g/mol. The predicted octanol–water partition coefficient (Wildman–Crippen LogP) is 4.51. The van der Waals surface area contributed by atoms with Crippen LogP contribution in [0.25, 0.3) is 0 Å². The van der Waals surface area contributed by atoms with E-state index in [1.54, 1.807) is 24.3 Å². The molecule has 0 saturated carbocycles. The van der Waals surface area contributed by atoms with Crippen LogP contribution in [0, 0.1) is 5.41 Å². The Morgan fingerprint density at radius 1 is 0.955 bits per heavy atom. The number of para-hydroxylation sites is 2. The lowest BCUT2D eigenvalue weighted by Gasteiger charge is -2.17. The summed E-state index contributed by atoms with van der Waals surface area (Å²) >= 11 is 0. The third-order valence-electron chi connectivity index (χ3n) is 3.13. The Bertz CT molecular complexity index is 500. The summed E-state index contributed by atoms with van der Waals surface area (Å²) in [6, 6.07) is 6.68. The van der Waals surface area contributed by atoms with E-state index in [1.165, 1.54) is 6.92 Å². The van der Waals surface area contributed by atoms with Crippen molar-refractivity contribution >= 4 is 11.9 Å². The SMILES string of the molecule is CC(=O)Oc1ccccc1OC(=O)CCCCCC(C)(C)C. The van der Waals surface area contributed by atoms with Crippen LogP contribution in [-0.2, 0) is 9.59 Å². The maximum absolute atomic E-state index is 11.8. The van der Waals surface area contributed by atoms with E-state index < -0.39 is 5.97 Å². The van der Waals surface area contributed by atoms with Gasteiger partial charge in [0.05, 0.1) is 0 Å². The van der Waals surface area contributed by atoms with E-state index in [2.05, 4.69) is 20.8 Å². The number of unbranched alkanes of at least 4 members (excludes halogenated alkanes) is 2. The number of ether oxygens (including phenoxy) is 2. The minimum Gasteiger partial charge on any atom is -0.423 e. The van der Waals surface area contributed by atoms with Gasteiger partial charge in [-0.15, -0.1) is 0 Å². The van der Waals surface area contributed by atoms with Gasteiger partial charge in [-0.1, -0.05) is 45.7 Å². The highest BCUT2D eigenvalue weighted by atomic mass is 16.6. The number of carbonyl (C=O) groups excluding carboxylic acids is 2. The van der Waals surface area contributed by atoms with E-state index >= 15 is 0 Å². The first-order valence-electron chi connectivity index (χ1n) is 7.76. The molecular weight excluding hydrogens is 280 g/mol. The number of rotatable bonds is 7. The number of carbonyl (C=O) groups is 2. The Hall–Kier alpha value is -1.84. The van der Waals surface area contributed by atoms with Gasteiger partial charge in [0, 0.05) is 13.3 Å². The maximum atomic E-state index is 11.8. The zero-order chi connectivity index (χ0) is 16.6. The van der Waals surface area contributed by atoms with Gasteiger partial charge in [-0.3, -0.25) is 9.59 Å².